The van der Waals surface area contributed by atoms with Gasteiger partial charge >= 0.3 is 5.76 Å². The van der Waals surface area contributed by atoms with Crippen molar-refractivity contribution in [3.05, 3.63) is 50.6 Å². The highest BCUT2D eigenvalue weighted by atomic mass is 32.2. The molecule has 32 heavy (non-hydrogen) atoms. The van der Waals surface area contributed by atoms with Gasteiger partial charge in [0.25, 0.3) is 0 Å². The topological polar surface area (TPSA) is 92.8 Å². The van der Waals surface area contributed by atoms with E-state index in [9.17, 15) is 18.0 Å². The summed E-state index contributed by atoms with van der Waals surface area (Å²) in [6, 6.07) is 6.61. The predicted octanol–water partition coefficient (Wildman–Crippen LogP) is 2.98. The van der Waals surface area contributed by atoms with Crippen LogP contribution in [-0.2, 0) is 27.8 Å². The van der Waals surface area contributed by atoms with Crippen molar-refractivity contribution in [2.24, 2.45) is 0 Å². The number of hydrogen-bond acceptors (Lipinski definition) is 6. The van der Waals surface area contributed by atoms with Crippen LogP contribution in [0.1, 0.15) is 42.7 Å². The summed E-state index contributed by atoms with van der Waals surface area (Å²) < 4.78 is 33.8. The number of rotatable bonds is 5. The van der Waals surface area contributed by atoms with Gasteiger partial charge in [-0.25, -0.2) is 13.2 Å². The molecule has 5 rings (SSSR count). The minimum absolute atomic E-state index is 0.0103. The third kappa shape index (κ3) is 3.60. The van der Waals surface area contributed by atoms with Gasteiger partial charge in [0.05, 0.1) is 16.5 Å². The molecule has 1 saturated heterocycles. The Labute approximate surface area is 190 Å². The number of aromatic nitrogens is 1. The molecule has 2 aromatic heterocycles. The highest BCUT2D eigenvalue weighted by Crippen LogP contribution is 2.33. The minimum atomic E-state index is -3.60. The lowest BCUT2D eigenvalue weighted by molar-refractivity contribution is -0.134. The second-order valence-corrected chi connectivity index (χ2v) is 11.3. The van der Waals surface area contributed by atoms with Crippen LogP contribution in [0.5, 0.6) is 0 Å². The molecule has 1 atom stereocenters. The number of fused-ring (bicyclic) bond motifs is 2. The fourth-order valence-electron chi connectivity index (χ4n) is 4.70. The molecule has 0 saturated carbocycles. The Bertz CT molecular complexity index is 1330. The molecule has 1 amide bonds. The van der Waals surface area contributed by atoms with Gasteiger partial charge in [-0.3, -0.25) is 9.36 Å². The second kappa shape index (κ2) is 8.17. The molecule has 10 heteroatoms. The Balaban J connectivity index is 1.34. The number of oxazole rings is 1. The fraction of sp³-hybridized carbons (Fsp3) is 0.455. The van der Waals surface area contributed by atoms with Gasteiger partial charge < -0.3 is 9.32 Å². The molecule has 8 nitrogen and oxygen atoms in total. The molecule has 0 unspecified atom stereocenters. The normalized spacial score (nSPS) is 19.5. The highest BCUT2D eigenvalue weighted by molar-refractivity contribution is 7.89. The van der Waals surface area contributed by atoms with Gasteiger partial charge in [-0.2, -0.15) is 4.31 Å². The lowest BCUT2D eigenvalue weighted by Crippen LogP contribution is -2.38. The Hall–Kier alpha value is -2.43. The third-order valence-corrected chi connectivity index (χ3v) is 9.38. The van der Waals surface area contributed by atoms with Crippen molar-refractivity contribution in [2.45, 2.75) is 50.1 Å². The number of carbonyl (C=O) groups excluding carboxylic acids is 1. The summed E-state index contributed by atoms with van der Waals surface area (Å²) in [6.07, 6.45) is 2.73. The van der Waals surface area contributed by atoms with E-state index in [4.69, 9.17) is 4.42 Å². The zero-order valence-electron chi connectivity index (χ0n) is 17.8. The zero-order valence-corrected chi connectivity index (χ0v) is 19.5. The monoisotopic (exact) mass is 475 g/mol. The van der Waals surface area contributed by atoms with Gasteiger partial charge in [-0.15, -0.1) is 11.3 Å². The Kier molecular flexibility index (Phi) is 5.47. The van der Waals surface area contributed by atoms with Crippen LogP contribution in [-0.4, -0.2) is 47.7 Å². The molecule has 3 aromatic rings. The van der Waals surface area contributed by atoms with Crippen LogP contribution in [0.2, 0.25) is 0 Å². The summed E-state index contributed by atoms with van der Waals surface area (Å²) in [5, 5.41) is 2.06. The predicted molar refractivity (Wildman–Crippen MR) is 121 cm³/mol. The standard InChI is InChI=1S/C22H25N3O5S2/c1-15-17-8-13-31-20(17)6-11-24(15)21(26)7-12-25-18-5-4-16(14-19(18)30-22(25)27)32(28,29)23-9-2-3-10-23/h4-5,8,13-15H,2-3,6-7,9-12H2,1H3/t15-/m1/s1. The van der Waals surface area contributed by atoms with E-state index in [-0.39, 0.29) is 35.4 Å². The maximum atomic E-state index is 12.9. The number of sulfonamides is 1. The maximum absolute atomic E-state index is 12.9. The third-order valence-electron chi connectivity index (χ3n) is 6.49. The van der Waals surface area contributed by atoms with E-state index in [1.807, 2.05) is 11.8 Å². The first kappa shape index (κ1) is 21.4. The van der Waals surface area contributed by atoms with Gasteiger partial charge in [-0.05, 0) is 55.3 Å². The quantitative estimate of drug-likeness (QED) is 0.566. The largest absolute Gasteiger partial charge is 0.419 e. The van der Waals surface area contributed by atoms with Crippen LogP contribution < -0.4 is 5.76 Å². The lowest BCUT2D eigenvalue weighted by atomic mass is 10.0. The van der Waals surface area contributed by atoms with Crippen LogP contribution >= 0.6 is 11.3 Å². The first-order valence-electron chi connectivity index (χ1n) is 10.9. The second-order valence-electron chi connectivity index (χ2n) is 8.32. The Morgan fingerprint density at radius 2 is 1.97 bits per heavy atom. The molecule has 1 aromatic carbocycles. The zero-order chi connectivity index (χ0) is 22.5. The molecule has 0 bridgehead atoms. The summed E-state index contributed by atoms with van der Waals surface area (Å²) in [7, 11) is -3.60. The van der Waals surface area contributed by atoms with E-state index in [2.05, 4.69) is 11.4 Å². The Morgan fingerprint density at radius 3 is 2.75 bits per heavy atom. The molecule has 170 valence electrons. The maximum Gasteiger partial charge on any atom is 0.419 e. The number of aryl methyl sites for hydroxylation is 1. The summed E-state index contributed by atoms with van der Waals surface area (Å²) in [4.78, 5) is 28.7. The van der Waals surface area contributed by atoms with Gasteiger partial charge in [-0.1, -0.05) is 0 Å². The molecule has 0 spiro atoms. The molecule has 2 aliphatic heterocycles. The molecule has 0 aliphatic carbocycles. The summed E-state index contributed by atoms with van der Waals surface area (Å²) in [6.45, 7) is 3.91. The van der Waals surface area contributed by atoms with E-state index in [1.54, 1.807) is 17.4 Å². The number of benzene rings is 1. The van der Waals surface area contributed by atoms with E-state index in [1.165, 1.54) is 31.4 Å². The van der Waals surface area contributed by atoms with Crippen LogP contribution in [0.25, 0.3) is 11.1 Å². The molecular formula is C22H25N3O5S2. The number of nitrogens with zero attached hydrogens (tertiary/aromatic N) is 3. The molecule has 0 radical (unpaired) electrons. The van der Waals surface area contributed by atoms with E-state index in [0.29, 0.717) is 25.2 Å². The number of amides is 1. The molecule has 1 fully saturated rings. The van der Waals surface area contributed by atoms with Crippen LogP contribution in [0, 0.1) is 0 Å². The van der Waals surface area contributed by atoms with Crippen LogP contribution in [0.15, 0.2) is 43.8 Å². The van der Waals surface area contributed by atoms with Crippen molar-refractivity contribution < 1.29 is 17.6 Å². The number of hydrogen-bond donors (Lipinski definition) is 0. The van der Waals surface area contributed by atoms with Crippen molar-refractivity contribution in [3.63, 3.8) is 0 Å². The van der Waals surface area contributed by atoms with Crippen molar-refractivity contribution in [1.82, 2.24) is 13.8 Å². The average Bonchev–Trinajstić information content (AvgIpc) is 3.52. The molecule has 0 N–H and O–H groups in total. The van der Waals surface area contributed by atoms with Crippen molar-refractivity contribution in [1.29, 1.82) is 0 Å². The average molecular weight is 476 g/mol. The SMILES string of the molecule is C[C@@H]1c2ccsc2CCN1C(=O)CCn1c(=O)oc2cc(S(=O)(=O)N3CCCC3)ccc21. The molecule has 2 aliphatic rings. The van der Waals surface area contributed by atoms with Crippen LogP contribution in [0.4, 0.5) is 0 Å². The smallest absolute Gasteiger partial charge is 0.408 e. The summed E-state index contributed by atoms with van der Waals surface area (Å²) >= 11 is 1.73. The fourth-order valence-corrected chi connectivity index (χ4v) is 7.19. The van der Waals surface area contributed by atoms with Crippen LogP contribution in [0.3, 0.4) is 0 Å². The van der Waals surface area contributed by atoms with Gasteiger partial charge in [0.15, 0.2) is 5.58 Å². The lowest BCUT2D eigenvalue weighted by Gasteiger charge is -2.33. The van der Waals surface area contributed by atoms with Crippen molar-refractivity contribution in [2.75, 3.05) is 19.6 Å². The number of thiophene rings is 1. The van der Waals surface area contributed by atoms with E-state index >= 15 is 0 Å². The minimum Gasteiger partial charge on any atom is -0.408 e. The van der Waals surface area contributed by atoms with Gasteiger partial charge in [0.2, 0.25) is 15.9 Å². The number of carbonyl (C=O) groups is 1. The first-order valence-corrected chi connectivity index (χ1v) is 13.2. The highest BCUT2D eigenvalue weighted by Gasteiger charge is 2.29. The summed E-state index contributed by atoms with van der Waals surface area (Å²) in [5.41, 5.74) is 1.92. The Morgan fingerprint density at radius 1 is 1.19 bits per heavy atom. The van der Waals surface area contributed by atoms with E-state index < -0.39 is 15.8 Å². The molecular weight excluding hydrogens is 450 g/mol. The first-order chi connectivity index (χ1) is 15.4. The van der Waals surface area contributed by atoms with Gasteiger partial charge in [0.1, 0.15) is 0 Å². The van der Waals surface area contributed by atoms with E-state index in [0.717, 1.165) is 19.3 Å². The molecule has 4 heterocycles. The van der Waals surface area contributed by atoms with Crippen molar-refractivity contribution >= 4 is 38.4 Å². The van der Waals surface area contributed by atoms with Crippen molar-refractivity contribution in [3.8, 4) is 0 Å². The van der Waals surface area contributed by atoms with Gasteiger partial charge in [0, 0.05) is 43.5 Å². The summed E-state index contributed by atoms with van der Waals surface area (Å²) in [5.74, 6) is -0.598.